The Balaban J connectivity index is 2.79. The van der Waals surface area contributed by atoms with Crippen LogP contribution in [0.15, 0.2) is 0 Å². The molecule has 0 aromatic rings. The van der Waals surface area contributed by atoms with Crippen molar-refractivity contribution in [1.82, 2.24) is 0 Å². The van der Waals surface area contributed by atoms with Gasteiger partial charge in [0.25, 0.3) is 0 Å². The summed E-state index contributed by atoms with van der Waals surface area (Å²) in [5.41, 5.74) is 0. The Morgan fingerprint density at radius 3 is 2.00 bits per heavy atom. The minimum absolute atomic E-state index is 0.305. The summed E-state index contributed by atoms with van der Waals surface area (Å²) in [6.45, 7) is 3.00. The van der Waals surface area contributed by atoms with Gasteiger partial charge in [-0.2, -0.15) is 0 Å². The van der Waals surface area contributed by atoms with Gasteiger partial charge in [-0.25, -0.2) is 4.57 Å². The highest BCUT2D eigenvalue weighted by molar-refractivity contribution is 7.17. The molecule has 5 nitrogen and oxygen atoms in total. The van der Waals surface area contributed by atoms with Crippen LogP contribution in [0, 0.1) is 0 Å². The maximum atomic E-state index is 9.79. The zero-order chi connectivity index (χ0) is 9.78. The molecule has 0 saturated carbocycles. The molecule has 0 fully saturated rings. The van der Waals surface area contributed by atoms with E-state index in [4.69, 9.17) is 14.2 Å². The minimum Gasteiger partial charge on any atom is -0.382 e. The molecule has 0 aromatic heterocycles. The predicted molar refractivity (Wildman–Crippen MR) is 47.1 cm³/mol. The van der Waals surface area contributed by atoms with Crippen LogP contribution in [-0.4, -0.2) is 46.8 Å². The third-order valence-corrected chi connectivity index (χ3v) is 1.46. The molecule has 13 heavy (non-hydrogen) atoms. The van der Waals surface area contributed by atoms with Crippen molar-refractivity contribution in [2.45, 2.75) is 0 Å². The smallest absolute Gasteiger partial charge is 0.327 e. The van der Waals surface area contributed by atoms with Crippen LogP contribution >= 0.6 is 8.69 Å². The fourth-order valence-electron chi connectivity index (χ4n) is 0.598. The maximum Gasteiger partial charge on any atom is 0.327 e. The zero-order valence-electron chi connectivity index (χ0n) is 7.73. The van der Waals surface area contributed by atoms with Gasteiger partial charge in [0.15, 0.2) is 0 Å². The Kier molecular flexibility index (Phi) is 11.9. The molecule has 0 aliphatic rings. The second-order valence-electron chi connectivity index (χ2n) is 2.13. The van der Waals surface area contributed by atoms with Crippen LogP contribution in [0.3, 0.4) is 0 Å². The highest BCUT2D eigenvalue weighted by Gasteiger charge is 1.90. The molecule has 0 N–H and O–H groups in total. The van der Waals surface area contributed by atoms with Crippen LogP contribution in [0.4, 0.5) is 0 Å². The van der Waals surface area contributed by atoms with Gasteiger partial charge in [0.05, 0.1) is 39.6 Å². The molecule has 0 unspecified atom stereocenters. The van der Waals surface area contributed by atoms with Crippen LogP contribution in [0.5, 0.6) is 0 Å². The molecule has 0 aliphatic heterocycles. The Labute approximate surface area is 79.6 Å². The summed E-state index contributed by atoms with van der Waals surface area (Å²) in [5, 5.41) is 0. The van der Waals surface area contributed by atoms with Crippen molar-refractivity contribution in [3.05, 3.63) is 0 Å². The molecule has 0 aliphatic carbocycles. The molecule has 0 rings (SSSR count). The highest BCUT2D eigenvalue weighted by atomic mass is 31.1. The van der Waals surface area contributed by atoms with Crippen LogP contribution in [-0.2, 0) is 23.3 Å². The maximum absolute atomic E-state index is 9.79. The summed E-state index contributed by atoms with van der Waals surface area (Å²) in [4.78, 5) is 0. The lowest BCUT2D eigenvalue weighted by atomic mass is 10.7. The van der Waals surface area contributed by atoms with Gasteiger partial charge in [-0.1, -0.05) is 0 Å². The van der Waals surface area contributed by atoms with Crippen LogP contribution in [0.2, 0.25) is 0 Å². The molecule has 0 saturated heterocycles. The second kappa shape index (κ2) is 11.9. The average molecular weight is 210 g/mol. The third-order valence-electron chi connectivity index (χ3n) is 1.18. The topological polar surface area (TPSA) is 54.0 Å². The van der Waals surface area contributed by atoms with Crippen molar-refractivity contribution in [2.24, 2.45) is 0 Å². The lowest BCUT2D eigenvalue weighted by Gasteiger charge is -2.03. The van der Waals surface area contributed by atoms with Crippen LogP contribution in [0.1, 0.15) is 0 Å². The van der Waals surface area contributed by atoms with E-state index in [2.05, 4.69) is 4.52 Å². The molecule has 0 spiro atoms. The van der Waals surface area contributed by atoms with Crippen molar-refractivity contribution in [3.8, 4) is 0 Å². The van der Waals surface area contributed by atoms with Gasteiger partial charge in [0, 0.05) is 7.11 Å². The van der Waals surface area contributed by atoms with Crippen molar-refractivity contribution in [1.29, 1.82) is 0 Å². The van der Waals surface area contributed by atoms with Gasteiger partial charge < -0.3 is 14.2 Å². The minimum atomic E-state index is -0.305. The zero-order valence-corrected chi connectivity index (χ0v) is 8.63. The first-order valence-corrected chi connectivity index (χ1v) is 4.74. The highest BCUT2D eigenvalue weighted by Crippen LogP contribution is 1.92. The molecule has 6 heteroatoms. The number of hydrogen-bond donors (Lipinski definition) is 0. The number of rotatable bonds is 10. The fourth-order valence-corrected chi connectivity index (χ4v) is 0.747. The molecule has 0 radical (unpaired) electrons. The van der Waals surface area contributed by atoms with Gasteiger partial charge in [0.1, 0.15) is 0 Å². The first kappa shape index (κ1) is 12.9. The van der Waals surface area contributed by atoms with E-state index in [1.807, 2.05) is 0 Å². The standard InChI is InChI=1S/C7H15O5P/c1-9-2-3-10-4-5-11-6-7-12-13-8/h2-7H2,1H3. The monoisotopic (exact) mass is 210 g/mol. The molecule has 0 atom stereocenters. The Hall–Kier alpha value is -0.0600. The van der Waals surface area contributed by atoms with Crippen molar-refractivity contribution in [3.63, 3.8) is 0 Å². The first-order chi connectivity index (χ1) is 6.41. The van der Waals surface area contributed by atoms with Crippen LogP contribution < -0.4 is 0 Å². The van der Waals surface area contributed by atoms with E-state index in [1.165, 1.54) is 0 Å². The SMILES string of the molecule is COCCOCCOCCOP=O. The Bertz CT molecular complexity index is 111. The van der Waals surface area contributed by atoms with E-state index in [-0.39, 0.29) is 8.69 Å². The predicted octanol–water partition coefficient (Wildman–Crippen LogP) is 0.889. The van der Waals surface area contributed by atoms with Gasteiger partial charge in [-0.3, -0.25) is 4.52 Å². The van der Waals surface area contributed by atoms with Gasteiger partial charge in [0.2, 0.25) is 0 Å². The molecule has 0 bridgehead atoms. The summed E-state index contributed by atoms with van der Waals surface area (Å²) in [7, 11) is 1.32. The van der Waals surface area contributed by atoms with E-state index >= 15 is 0 Å². The summed E-state index contributed by atoms with van der Waals surface area (Å²) >= 11 is 0. The Morgan fingerprint density at radius 2 is 1.46 bits per heavy atom. The van der Waals surface area contributed by atoms with Crippen molar-refractivity contribution < 1.29 is 23.3 Å². The fraction of sp³-hybridized carbons (Fsp3) is 1.00. The summed E-state index contributed by atoms with van der Waals surface area (Å²) in [6.07, 6.45) is 0. The van der Waals surface area contributed by atoms with E-state index in [1.54, 1.807) is 7.11 Å². The second-order valence-corrected chi connectivity index (χ2v) is 2.53. The van der Waals surface area contributed by atoms with E-state index in [0.29, 0.717) is 39.6 Å². The summed E-state index contributed by atoms with van der Waals surface area (Å²) < 4.78 is 29.3. The van der Waals surface area contributed by atoms with Crippen LogP contribution in [0.25, 0.3) is 0 Å². The van der Waals surface area contributed by atoms with Crippen molar-refractivity contribution >= 4 is 8.69 Å². The van der Waals surface area contributed by atoms with E-state index < -0.39 is 0 Å². The quantitative estimate of drug-likeness (QED) is 0.396. The normalized spacial score (nSPS) is 10.8. The molecule has 0 heterocycles. The van der Waals surface area contributed by atoms with Gasteiger partial charge >= 0.3 is 8.69 Å². The lowest BCUT2D eigenvalue weighted by Crippen LogP contribution is -2.10. The number of ether oxygens (including phenoxy) is 3. The van der Waals surface area contributed by atoms with Gasteiger partial charge in [-0.15, -0.1) is 0 Å². The van der Waals surface area contributed by atoms with E-state index in [0.717, 1.165) is 0 Å². The first-order valence-electron chi connectivity index (χ1n) is 4.01. The number of methoxy groups -OCH3 is 1. The average Bonchev–Trinajstić information content (AvgIpc) is 2.16. The lowest BCUT2D eigenvalue weighted by molar-refractivity contribution is 0.0188. The molecule has 78 valence electrons. The summed E-state index contributed by atoms with van der Waals surface area (Å²) in [5.74, 6) is 0. The molecule has 0 amide bonds. The number of hydrogen-bond acceptors (Lipinski definition) is 5. The van der Waals surface area contributed by atoms with Crippen molar-refractivity contribution in [2.75, 3.05) is 46.8 Å². The Morgan fingerprint density at radius 1 is 0.923 bits per heavy atom. The molecular formula is C7H15O5P. The largest absolute Gasteiger partial charge is 0.382 e. The van der Waals surface area contributed by atoms with E-state index in [9.17, 15) is 4.57 Å². The summed E-state index contributed by atoms with van der Waals surface area (Å²) in [6, 6.07) is 0. The molecular weight excluding hydrogens is 195 g/mol. The molecule has 0 aromatic carbocycles. The van der Waals surface area contributed by atoms with Gasteiger partial charge in [-0.05, 0) is 0 Å². The third kappa shape index (κ3) is 11.9.